The van der Waals surface area contributed by atoms with Gasteiger partial charge in [0.2, 0.25) is 5.91 Å². The first-order valence-corrected chi connectivity index (χ1v) is 10.5. The van der Waals surface area contributed by atoms with E-state index in [0.717, 1.165) is 30.5 Å². The Morgan fingerprint density at radius 1 is 1.00 bits per heavy atom. The average molecular weight is 412 g/mol. The Morgan fingerprint density at radius 2 is 1.67 bits per heavy atom. The van der Waals surface area contributed by atoms with Gasteiger partial charge in [-0.15, -0.1) is 0 Å². The number of halogens is 2. The number of hydrogen-bond donors (Lipinski definition) is 1. The summed E-state index contributed by atoms with van der Waals surface area (Å²) < 4.78 is 27.0. The topological polar surface area (TPSA) is 49.4 Å². The van der Waals surface area contributed by atoms with Crippen LogP contribution in [0.15, 0.2) is 42.5 Å². The van der Waals surface area contributed by atoms with E-state index in [1.807, 2.05) is 6.92 Å². The summed E-state index contributed by atoms with van der Waals surface area (Å²) in [5.74, 6) is -1.68. The van der Waals surface area contributed by atoms with Crippen molar-refractivity contribution in [1.29, 1.82) is 0 Å². The number of nitrogens with one attached hydrogen (secondary N) is 1. The number of carbonyl (C=O) groups is 2. The maximum Gasteiger partial charge on any atom is 0.256 e. The van der Waals surface area contributed by atoms with Crippen LogP contribution in [0.1, 0.15) is 53.2 Å². The number of aryl methyl sites for hydroxylation is 1. The summed E-state index contributed by atoms with van der Waals surface area (Å²) in [6.07, 6.45) is 3.31. The highest BCUT2D eigenvalue weighted by atomic mass is 19.1. The van der Waals surface area contributed by atoms with E-state index in [4.69, 9.17) is 0 Å². The number of likely N-dealkylation sites (tertiary alicyclic amines) is 1. The lowest BCUT2D eigenvalue weighted by atomic mass is 9.93. The number of carbonyl (C=O) groups excluding carboxylic acids is 2. The van der Waals surface area contributed by atoms with Gasteiger partial charge in [-0.1, -0.05) is 29.8 Å². The van der Waals surface area contributed by atoms with Gasteiger partial charge in [0.05, 0.1) is 11.6 Å². The summed E-state index contributed by atoms with van der Waals surface area (Å²) in [6.45, 7) is 2.81. The van der Waals surface area contributed by atoms with Gasteiger partial charge in [0, 0.05) is 25.1 Å². The van der Waals surface area contributed by atoms with E-state index in [-0.39, 0.29) is 23.4 Å². The first-order valence-electron chi connectivity index (χ1n) is 10.5. The molecule has 1 saturated heterocycles. The Bertz CT molecular complexity index is 933. The van der Waals surface area contributed by atoms with Crippen LogP contribution >= 0.6 is 0 Å². The van der Waals surface area contributed by atoms with Gasteiger partial charge in [0.25, 0.3) is 5.91 Å². The minimum Gasteiger partial charge on any atom is -0.349 e. The highest BCUT2D eigenvalue weighted by molar-refractivity contribution is 5.94. The standard InChI is InChI=1S/C24H26F2N2O2/c1-15-2-4-16(5-3-15)22(17-6-7-17)27-23(29)18-10-12-28(13-11-18)24(30)20-9-8-19(25)14-21(20)26/h2-5,8-9,14,17-18,22H,6-7,10-13H2,1H3,(H,27,29). The molecule has 1 N–H and O–H groups in total. The van der Waals surface area contributed by atoms with Crippen LogP contribution in [0.25, 0.3) is 0 Å². The van der Waals surface area contributed by atoms with Gasteiger partial charge in [0.1, 0.15) is 11.6 Å². The smallest absolute Gasteiger partial charge is 0.256 e. The van der Waals surface area contributed by atoms with Crippen LogP contribution in [0.2, 0.25) is 0 Å². The van der Waals surface area contributed by atoms with Crippen molar-refractivity contribution in [3.05, 3.63) is 70.8 Å². The Hall–Kier alpha value is -2.76. The average Bonchev–Trinajstić information content (AvgIpc) is 3.57. The molecule has 2 aliphatic rings. The molecule has 2 amide bonds. The molecule has 2 aromatic rings. The molecule has 2 fully saturated rings. The van der Waals surface area contributed by atoms with E-state index in [1.165, 1.54) is 11.6 Å². The quantitative estimate of drug-likeness (QED) is 0.792. The van der Waals surface area contributed by atoms with Crippen molar-refractivity contribution in [1.82, 2.24) is 10.2 Å². The molecule has 30 heavy (non-hydrogen) atoms. The van der Waals surface area contributed by atoms with Crippen molar-refractivity contribution in [3.63, 3.8) is 0 Å². The lowest BCUT2D eigenvalue weighted by molar-refractivity contribution is -0.127. The van der Waals surface area contributed by atoms with E-state index in [2.05, 4.69) is 29.6 Å². The summed E-state index contributed by atoms with van der Waals surface area (Å²) in [5.41, 5.74) is 2.19. The SMILES string of the molecule is Cc1ccc(C(NC(=O)C2CCN(C(=O)c3ccc(F)cc3F)CC2)C2CC2)cc1. The van der Waals surface area contributed by atoms with Crippen LogP contribution in [0.5, 0.6) is 0 Å². The fourth-order valence-corrected chi connectivity index (χ4v) is 4.13. The predicted octanol–water partition coefficient (Wildman–Crippen LogP) is 4.39. The van der Waals surface area contributed by atoms with Crippen LogP contribution in [-0.2, 0) is 4.79 Å². The fourth-order valence-electron chi connectivity index (χ4n) is 4.13. The first-order chi connectivity index (χ1) is 14.4. The zero-order chi connectivity index (χ0) is 21.3. The second-order valence-electron chi connectivity index (χ2n) is 8.43. The predicted molar refractivity (Wildman–Crippen MR) is 110 cm³/mol. The lowest BCUT2D eigenvalue weighted by Gasteiger charge is -2.32. The molecule has 1 saturated carbocycles. The maximum absolute atomic E-state index is 13.9. The van der Waals surface area contributed by atoms with Gasteiger partial charge < -0.3 is 10.2 Å². The summed E-state index contributed by atoms with van der Waals surface area (Å²) in [5, 5.41) is 3.23. The zero-order valence-corrected chi connectivity index (χ0v) is 17.0. The molecule has 1 aliphatic heterocycles. The Balaban J connectivity index is 1.35. The third kappa shape index (κ3) is 4.53. The number of hydrogen-bond acceptors (Lipinski definition) is 2. The van der Waals surface area contributed by atoms with Crippen LogP contribution in [-0.4, -0.2) is 29.8 Å². The second kappa shape index (κ2) is 8.54. The minimum absolute atomic E-state index is 0.0209. The Kier molecular flexibility index (Phi) is 5.84. The number of benzene rings is 2. The van der Waals surface area contributed by atoms with Gasteiger partial charge >= 0.3 is 0 Å². The molecule has 0 bridgehead atoms. The molecule has 1 aliphatic carbocycles. The van der Waals surface area contributed by atoms with Gasteiger partial charge in [-0.05, 0) is 56.2 Å². The molecule has 0 aromatic heterocycles. The van der Waals surface area contributed by atoms with E-state index in [1.54, 1.807) is 4.90 Å². The van der Waals surface area contributed by atoms with E-state index in [9.17, 15) is 18.4 Å². The van der Waals surface area contributed by atoms with Gasteiger partial charge in [-0.25, -0.2) is 8.78 Å². The third-order valence-electron chi connectivity index (χ3n) is 6.14. The van der Waals surface area contributed by atoms with Gasteiger partial charge in [-0.2, -0.15) is 0 Å². The molecule has 4 rings (SSSR count). The minimum atomic E-state index is -0.856. The maximum atomic E-state index is 13.9. The van der Waals surface area contributed by atoms with Gasteiger partial charge in [0.15, 0.2) is 0 Å². The third-order valence-corrected chi connectivity index (χ3v) is 6.14. The van der Waals surface area contributed by atoms with Crippen molar-refractivity contribution in [2.45, 2.75) is 38.6 Å². The Labute approximate surface area is 175 Å². The largest absolute Gasteiger partial charge is 0.349 e. The summed E-state index contributed by atoms with van der Waals surface area (Å²) in [7, 11) is 0. The van der Waals surface area contributed by atoms with Crippen molar-refractivity contribution >= 4 is 11.8 Å². The molecule has 1 heterocycles. The van der Waals surface area contributed by atoms with Crippen molar-refractivity contribution in [3.8, 4) is 0 Å². The van der Waals surface area contributed by atoms with Crippen LogP contribution in [0.4, 0.5) is 8.78 Å². The van der Waals surface area contributed by atoms with Crippen molar-refractivity contribution in [2.24, 2.45) is 11.8 Å². The molecule has 4 nitrogen and oxygen atoms in total. The molecule has 0 radical (unpaired) electrons. The molecule has 1 atom stereocenters. The van der Waals surface area contributed by atoms with Crippen LogP contribution in [0.3, 0.4) is 0 Å². The summed E-state index contributed by atoms with van der Waals surface area (Å²) >= 11 is 0. The highest BCUT2D eigenvalue weighted by Crippen LogP contribution is 2.41. The highest BCUT2D eigenvalue weighted by Gasteiger charge is 2.36. The molecule has 2 aromatic carbocycles. The van der Waals surface area contributed by atoms with E-state index < -0.39 is 17.5 Å². The lowest BCUT2D eigenvalue weighted by Crippen LogP contribution is -2.44. The number of piperidine rings is 1. The van der Waals surface area contributed by atoms with E-state index in [0.29, 0.717) is 31.8 Å². The monoisotopic (exact) mass is 412 g/mol. The van der Waals surface area contributed by atoms with Gasteiger partial charge in [-0.3, -0.25) is 9.59 Å². The van der Waals surface area contributed by atoms with E-state index >= 15 is 0 Å². The molecular weight excluding hydrogens is 386 g/mol. The fraction of sp³-hybridized carbons (Fsp3) is 0.417. The molecule has 1 unspecified atom stereocenters. The normalized spacial score (nSPS) is 18.2. The zero-order valence-electron chi connectivity index (χ0n) is 17.0. The van der Waals surface area contributed by atoms with Crippen molar-refractivity contribution in [2.75, 3.05) is 13.1 Å². The summed E-state index contributed by atoms with van der Waals surface area (Å²) in [4.78, 5) is 27.0. The second-order valence-corrected chi connectivity index (χ2v) is 8.43. The number of amides is 2. The molecular formula is C24H26F2N2O2. The van der Waals surface area contributed by atoms with Crippen LogP contribution < -0.4 is 5.32 Å². The molecule has 0 spiro atoms. The van der Waals surface area contributed by atoms with Crippen molar-refractivity contribution < 1.29 is 18.4 Å². The number of rotatable bonds is 5. The number of nitrogens with zero attached hydrogens (tertiary/aromatic N) is 1. The first kappa shape index (κ1) is 20.5. The van der Waals surface area contributed by atoms with Crippen LogP contribution in [0, 0.1) is 30.4 Å². The Morgan fingerprint density at radius 3 is 2.27 bits per heavy atom. The molecule has 158 valence electrons. The summed E-state index contributed by atoms with van der Waals surface area (Å²) in [6, 6.07) is 11.3. The molecule has 6 heteroatoms.